The lowest BCUT2D eigenvalue weighted by Crippen LogP contribution is -2.46. The normalized spacial score (nSPS) is 19.8. The van der Waals surface area contributed by atoms with Gasteiger partial charge in [-0.2, -0.15) is 9.97 Å². The van der Waals surface area contributed by atoms with Crippen LogP contribution in [0.25, 0.3) is 10.9 Å². The molecule has 2 bridgehead atoms. The number of ether oxygens (including phenoxy) is 2. The molecule has 5 rings (SSSR count). The summed E-state index contributed by atoms with van der Waals surface area (Å²) in [5.41, 5.74) is -0.522. The summed E-state index contributed by atoms with van der Waals surface area (Å²) in [5, 5.41) is 0.182. The standard InChI is InChI=1S/C25H31ClFN7O3/c1-25(2,3)37-24(35)34-13-15-5-8-33(14-16(34)11-15)22-17-12-29-21(26)19(27)20(17)30-23(31-22)36-10-6-18-28-7-9-32(18)4/h7,9,12,15-16H,5-6,8,10-11,13-14H2,1-4H3. The molecule has 0 N–H and O–H groups in total. The van der Waals surface area contributed by atoms with E-state index in [4.69, 9.17) is 21.1 Å². The van der Waals surface area contributed by atoms with Crippen molar-refractivity contribution >= 4 is 34.4 Å². The molecule has 5 heterocycles. The number of carbonyl (C=O) groups excluding carboxylic acids is 1. The molecule has 0 aliphatic carbocycles. The van der Waals surface area contributed by atoms with E-state index < -0.39 is 11.4 Å². The van der Waals surface area contributed by atoms with Crippen LogP contribution in [-0.2, 0) is 18.2 Å². The third-order valence-electron chi connectivity index (χ3n) is 6.75. The molecule has 2 aliphatic heterocycles. The average molecular weight is 532 g/mol. The molecule has 2 aliphatic rings. The Morgan fingerprint density at radius 2 is 2.05 bits per heavy atom. The molecular weight excluding hydrogens is 501 g/mol. The Morgan fingerprint density at radius 1 is 1.24 bits per heavy atom. The Kier molecular flexibility index (Phi) is 6.82. The Bertz CT molecular complexity index is 1310. The number of halogens is 2. The van der Waals surface area contributed by atoms with E-state index in [9.17, 15) is 4.79 Å². The lowest BCUT2D eigenvalue weighted by Gasteiger charge is -2.34. The topological polar surface area (TPSA) is 98.5 Å². The Labute approximate surface area is 219 Å². The highest BCUT2D eigenvalue weighted by atomic mass is 35.5. The Hall–Kier alpha value is -3.21. The van der Waals surface area contributed by atoms with Crippen LogP contribution in [0.3, 0.4) is 0 Å². The highest BCUT2D eigenvalue weighted by Gasteiger charge is 2.41. The van der Waals surface area contributed by atoms with Gasteiger partial charge in [-0.05, 0) is 39.5 Å². The van der Waals surface area contributed by atoms with Gasteiger partial charge in [-0.25, -0.2) is 19.2 Å². The number of carbonyl (C=O) groups is 1. The quantitative estimate of drug-likeness (QED) is 0.455. The molecule has 0 saturated carbocycles. The Balaban J connectivity index is 1.43. The summed E-state index contributed by atoms with van der Waals surface area (Å²) >= 11 is 5.98. The number of aromatic nitrogens is 5. The van der Waals surface area contributed by atoms with Gasteiger partial charge in [0, 0.05) is 51.7 Å². The third-order valence-corrected chi connectivity index (χ3v) is 7.01. The van der Waals surface area contributed by atoms with Crippen LogP contribution in [0, 0.1) is 11.7 Å². The summed E-state index contributed by atoms with van der Waals surface area (Å²) in [6.07, 6.45) is 7.04. The zero-order valence-corrected chi connectivity index (χ0v) is 22.2. The number of imidazole rings is 1. The van der Waals surface area contributed by atoms with Crippen molar-refractivity contribution in [3.63, 3.8) is 0 Å². The summed E-state index contributed by atoms with van der Waals surface area (Å²) in [5.74, 6) is 0.999. The molecule has 2 atom stereocenters. The molecule has 37 heavy (non-hydrogen) atoms. The maximum atomic E-state index is 15.0. The van der Waals surface area contributed by atoms with Crippen LogP contribution < -0.4 is 9.64 Å². The highest BCUT2D eigenvalue weighted by Crippen LogP contribution is 2.36. The summed E-state index contributed by atoms with van der Waals surface area (Å²) in [6, 6.07) is 0.00142. The number of rotatable bonds is 5. The lowest BCUT2D eigenvalue weighted by molar-refractivity contribution is 0.0221. The van der Waals surface area contributed by atoms with Crippen LogP contribution in [0.2, 0.25) is 5.15 Å². The highest BCUT2D eigenvalue weighted by molar-refractivity contribution is 6.30. The molecule has 2 fully saturated rings. The van der Waals surface area contributed by atoms with Crippen molar-refractivity contribution in [2.24, 2.45) is 13.0 Å². The average Bonchev–Trinajstić information content (AvgIpc) is 3.35. The zero-order chi connectivity index (χ0) is 26.3. The van der Waals surface area contributed by atoms with Gasteiger partial charge in [0.05, 0.1) is 18.0 Å². The molecule has 3 aromatic heterocycles. The third kappa shape index (κ3) is 5.41. The van der Waals surface area contributed by atoms with Crippen molar-refractivity contribution in [2.45, 2.75) is 51.7 Å². The predicted molar refractivity (Wildman–Crippen MR) is 136 cm³/mol. The minimum atomic E-state index is -0.719. The predicted octanol–water partition coefficient (Wildman–Crippen LogP) is 4.01. The molecule has 2 saturated heterocycles. The SMILES string of the molecule is Cn1ccnc1CCOc1nc(N2CCC3CC(C2)N(C(=O)OC(C)(C)C)C3)c2cnc(Cl)c(F)c2n1. The maximum absolute atomic E-state index is 15.0. The van der Waals surface area contributed by atoms with Crippen molar-refractivity contribution in [1.29, 1.82) is 0 Å². The van der Waals surface area contributed by atoms with Gasteiger partial charge >= 0.3 is 12.1 Å². The molecule has 12 heteroatoms. The second-order valence-electron chi connectivity index (χ2n) is 10.6. The second kappa shape index (κ2) is 9.92. The second-order valence-corrected chi connectivity index (χ2v) is 11.0. The van der Waals surface area contributed by atoms with Gasteiger partial charge in [0.1, 0.15) is 22.8 Å². The molecule has 0 radical (unpaired) electrons. The maximum Gasteiger partial charge on any atom is 0.410 e. The number of amides is 1. The summed E-state index contributed by atoms with van der Waals surface area (Å²) < 4.78 is 28.5. The zero-order valence-electron chi connectivity index (χ0n) is 21.4. The van der Waals surface area contributed by atoms with Crippen LogP contribution in [0.15, 0.2) is 18.6 Å². The summed E-state index contributed by atoms with van der Waals surface area (Å²) in [7, 11) is 1.91. The molecule has 2 unspecified atom stereocenters. The van der Waals surface area contributed by atoms with E-state index in [1.54, 1.807) is 6.20 Å². The molecule has 1 amide bonds. The molecule has 3 aromatic rings. The van der Waals surface area contributed by atoms with Crippen molar-refractivity contribution in [3.05, 3.63) is 35.4 Å². The van der Waals surface area contributed by atoms with Crippen molar-refractivity contribution < 1.29 is 18.7 Å². The molecular formula is C25H31ClFN7O3. The van der Waals surface area contributed by atoms with Gasteiger partial charge in [0.25, 0.3) is 0 Å². The first-order valence-corrected chi connectivity index (χ1v) is 12.8. The number of hydrogen-bond acceptors (Lipinski definition) is 8. The minimum Gasteiger partial charge on any atom is -0.463 e. The smallest absolute Gasteiger partial charge is 0.410 e. The first-order chi connectivity index (χ1) is 17.6. The van der Waals surface area contributed by atoms with Crippen molar-refractivity contribution in [2.75, 3.05) is 31.1 Å². The van der Waals surface area contributed by atoms with E-state index in [1.807, 2.05) is 43.5 Å². The monoisotopic (exact) mass is 531 g/mol. The van der Waals surface area contributed by atoms with Gasteiger partial charge < -0.3 is 23.8 Å². The van der Waals surface area contributed by atoms with E-state index in [0.29, 0.717) is 43.2 Å². The number of hydrogen-bond donors (Lipinski definition) is 0. The Morgan fingerprint density at radius 3 is 2.78 bits per heavy atom. The van der Waals surface area contributed by atoms with E-state index >= 15 is 4.39 Å². The summed E-state index contributed by atoms with van der Waals surface area (Å²) in [6.45, 7) is 7.76. The number of anilines is 1. The van der Waals surface area contributed by atoms with Gasteiger partial charge in [-0.3, -0.25) is 0 Å². The minimum absolute atomic E-state index is 0.0507. The van der Waals surface area contributed by atoms with Gasteiger partial charge in [0.15, 0.2) is 11.0 Å². The van der Waals surface area contributed by atoms with E-state index in [-0.39, 0.29) is 35.4 Å². The van der Waals surface area contributed by atoms with Crippen LogP contribution >= 0.6 is 11.6 Å². The van der Waals surface area contributed by atoms with E-state index in [1.165, 1.54) is 6.20 Å². The molecule has 198 valence electrons. The molecule has 0 aromatic carbocycles. The molecule has 10 nitrogen and oxygen atoms in total. The molecule has 0 spiro atoms. The van der Waals surface area contributed by atoms with E-state index in [0.717, 1.165) is 18.7 Å². The summed E-state index contributed by atoms with van der Waals surface area (Å²) in [4.78, 5) is 34.1. The van der Waals surface area contributed by atoms with Crippen LogP contribution in [0.4, 0.5) is 15.0 Å². The van der Waals surface area contributed by atoms with Crippen LogP contribution in [-0.4, -0.2) is 73.4 Å². The van der Waals surface area contributed by atoms with Gasteiger partial charge in [-0.15, -0.1) is 0 Å². The number of pyridine rings is 1. The fraction of sp³-hybridized carbons (Fsp3) is 0.560. The van der Waals surface area contributed by atoms with Crippen molar-refractivity contribution in [3.8, 4) is 6.01 Å². The van der Waals surface area contributed by atoms with Crippen molar-refractivity contribution in [1.82, 2.24) is 29.4 Å². The van der Waals surface area contributed by atoms with Gasteiger partial charge in [0.2, 0.25) is 0 Å². The first-order valence-electron chi connectivity index (χ1n) is 12.4. The van der Waals surface area contributed by atoms with Gasteiger partial charge in [-0.1, -0.05) is 11.6 Å². The van der Waals surface area contributed by atoms with Crippen LogP contribution in [0.5, 0.6) is 6.01 Å². The fourth-order valence-electron chi connectivity index (χ4n) is 4.99. The number of nitrogens with zero attached hydrogens (tertiary/aromatic N) is 7. The number of aryl methyl sites for hydroxylation is 1. The fourth-order valence-corrected chi connectivity index (χ4v) is 5.13. The first kappa shape index (κ1) is 25.4. The largest absolute Gasteiger partial charge is 0.463 e. The number of fused-ring (bicyclic) bond motifs is 3. The number of likely N-dealkylation sites (tertiary alicyclic amines) is 1. The lowest BCUT2D eigenvalue weighted by atomic mass is 10.0. The van der Waals surface area contributed by atoms with E-state index in [2.05, 4.69) is 24.8 Å². The van der Waals surface area contributed by atoms with Crippen LogP contribution in [0.1, 0.15) is 39.4 Å².